The monoisotopic (exact) mass is 358 g/mol. The molecule has 1 atom stereocenters. The van der Waals surface area contributed by atoms with Crippen molar-refractivity contribution in [3.63, 3.8) is 0 Å². The molecule has 0 saturated carbocycles. The van der Waals surface area contributed by atoms with Crippen molar-refractivity contribution in [1.82, 2.24) is 15.2 Å². The van der Waals surface area contributed by atoms with Gasteiger partial charge < -0.3 is 5.73 Å². The van der Waals surface area contributed by atoms with Crippen LogP contribution in [-0.4, -0.2) is 35.8 Å². The van der Waals surface area contributed by atoms with Crippen LogP contribution >= 0.6 is 0 Å². The summed E-state index contributed by atoms with van der Waals surface area (Å²) >= 11 is 0. The number of amides is 1. The predicted molar refractivity (Wildman–Crippen MR) is 94.4 cm³/mol. The number of allylic oxidation sites excluding steroid dienone is 3. The summed E-state index contributed by atoms with van der Waals surface area (Å²) in [5.41, 5.74) is 7.14. The van der Waals surface area contributed by atoms with Crippen LogP contribution in [0.2, 0.25) is 0 Å². The van der Waals surface area contributed by atoms with Crippen molar-refractivity contribution in [3.05, 3.63) is 58.9 Å². The number of carbonyl (C=O) groups is 1. The van der Waals surface area contributed by atoms with Crippen molar-refractivity contribution in [3.8, 4) is 11.3 Å². The van der Waals surface area contributed by atoms with Crippen molar-refractivity contribution in [2.75, 3.05) is 6.26 Å². The SMILES string of the molecule is CC1(c2c(-c3ccncc3)n[nH]c2C(N)=O)C=CC(S(C)(=O)=O)=CC1. The maximum absolute atomic E-state index is 11.9. The molecule has 25 heavy (non-hydrogen) atoms. The van der Waals surface area contributed by atoms with Gasteiger partial charge in [-0.25, -0.2) is 8.42 Å². The average molecular weight is 358 g/mol. The zero-order valence-electron chi connectivity index (χ0n) is 13.9. The lowest BCUT2D eigenvalue weighted by Gasteiger charge is -2.29. The number of hydrogen-bond acceptors (Lipinski definition) is 5. The molecular formula is C17H18N4O3S. The molecule has 0 bridgehead atoms. The van der Waals surface area contributed by atoms with Crippen molar-refractivity contribution in [1.29, 1.82) is 0 Å². The lowest BCUT2D eigenvalue weighted by atomic mass is 9.75. The topological polar surface area (TPSA) is 119 Å². The van der Waals surface area contributed by atoms with E-state index < -0.39 is 21.2 Å². The summed E-state index contributed by atoms with van der Waals surface area (Å²) < 4.78 is 23.5. The molecule has 1 unspecified atom stereocenters. The first-order chi connectivity index (χ1) is 11.7. The molecule has 3 rings (SSSR count). The molecule has 0 fully saturated rings. The average Bonchev–Trinajstić information content (AvgIpc) is 3.01. The fraction of sp³-hybridized carbons (Fsp3) is 0.235. The van der Waals surface area contributed by atoms with Crippen LogP contribution in [-0.2, 0) is 15.3 Å². The number of hydrogen-bond donors (Lipinski definition) is 2. The second kappa shape index (κ2) is 5.96. The van der Waals surface area contributed by atoms with E-state index in [0.29, 0.717) is 17.7 Å². The van der Waals surface area contributed by atoms with Gasteiger partial charge in [-0.2, -0.15) is 5.10 Å². The number of primary amides is 1. The van der Waals surface area contributed by atoms with E-state index in [2.05, 4.69) is 15.2 Å². The number of sulfone groups is 1. The molecule has 2 aromatic heterocycles. The van der Waals surface area contributed by atoms with Crippen molar-refractivity contribution in [2.24, 2.45) is 5.73 Å². The van der Waals surface area contributed by atoms with E-state index in [0.717, 1.165) is 5.56 Å². The van der Waals surface area contributed by atoms with Gasteiger partial charge in [0, 0.05) is 35.2 Å². The van der Waals surface area contributed by atoms with Gasteiger partial charge >= 0.3 is 0 Å². The molecule has 1 amide bonds. The molecule has 0 saturated heterocycles. The van der Waals surface area contributed by atoms with Gasteiger partial charge in [0.1, 0.15) is 5.69 Å². The lowest BCUT2D eigenvalue weighted by Crippen LogP contribution is -2.26. The molecule has 130 valence electrons. The van der Waals surface area contributed by atoms with Gasteiger partial charge in [-0.1, -0.05) is 19.1 Å². The number of pyridine rings is 1. The van der Waals surface area contributed by atoms with Crippen LogP contribution in [0.25, 0.3) is 11.3 Å². The number of H-pyrrole nitrogens is 1. The van der Waals surface area contributed by atoms with Crippen LogP contribution in [0.4, 0.5) is 0 Å². The first-order valence-electron chi connectivity index (χ1n) is 7.61. The fourth-order valence-electron chi connectivity index (χ4n) is 2.97. The highest BCUT2D eigenvalue weighted by Gasteiger charge is 2.35. The van der Waals surface area contributed by atoms with Gasteiger partial charge in [0.2, 0.25) is 0 Å². The second-order valence-electron chi connectivity index (χ2n) is 6.26. The minimum absolute atomic E-state index is 0.218. The first-order valence-corrected chi connectivity index (χ1v) is 9.50. The fourth-order valence-corrected chi connectivity index (χ4v) is 3.67. The molecule has 2 aromatic rings. The Hall–Kier alpha value is -2.74. The largest absolute Gasteiger partial charge is 0.364 e. The summed E-state index contributed by atoms with van der Waals surface area (Å²) in [6, 6.07) is 3.58. The third-order valence-electron chi connectivity index (χ3n) is 4.31. The third-order valence-corrected chi connectivity index (χ3v) is 5.47. The normalized spacial score (nSPS) is 20.3. The Morgan fingerprint density at radius 3 is 2.52 bits per heavy atom. The Kier molecular flexibility index (Phi) is 4.08. The molecule has 3 N–H and O–H groups in total. The minimum atomic E-state index is -3.28. The highest BCUT2D eigenvalue weighted by Crippen LogP contribution is 2.40. The van der Waals surface area contributed by atoms with Crippen molar-refractivity contribution in [2.45, 2.75) is 18.8 Å². The van der Waals surface area contributed by atoms with E-state index in [4.69, 9.17) is 5.73 Å². The van der Waals surface area contributed by atoms with E-state index >= 15 is 0 Å². The Morgan fingerprint density at radius 1 is 1.32 bits per heavy atom. The Labute approximate surface area is 145 Å². The van der Waals surface area contributed by atoms with E-state index in [1.165, 1.54) is 6.26 Å². The highest BCUT2D eigenvalue weighted by atomic mass is 32.2. The van der Waals surface area contributed by atoms with Gasteiger partial charge in [0.15, 0.2) is 9.84 Å². The Morgan fingerprint density at radius 2 is 2.00 bits per heavy atom. The molecular weight excluding hydrogens is 340 g/mol. The van der Waals surface area contributed by atoms with Gasteiger partial charge in [-0.3, -0.25) is 14.9 Å². The standard InChI is InChI=1S/C17H18N4O3S/c1-17(7-3-12(4-8-17)25(2,23)24)13-14(11-5-9-19-10-6-11)20-21-15(13)16(18)22/h3-7,9-10H,8H2,1-2H3,(H2,18,22)(H,20,21). The van der Waals surface area contributed by atoms with Crippen LogP contribution in [0.1, 0.15) is 29.4 Å². The molecule has 8 heteroatoms. The van der Waals surface area contributed by atoms with Gasteiger partial charge in [-0.05, 0) is 24.6 Å². The number of rotatable bonds is 4. The molecule has 0 spiro atoms. The van der Waals surface area contributed by atoms with Crippen LogP contribution in [0.5, 0.6) is 0 Å². The molecule has 1 aliphatic carbocycles. The van der Waals surface area contributed by atoms with E-state index in [9.17, 15) is 13.2 Å². The van der Waals surface area contributed by atoms with Crippen molar-refractivity contribution < 1.29 is 13.2 Å². The number of nitrogens with one attached hydrogen (secondary N) is 1. The summed E-state index contributed by atoms with van der Waals surface area (Å²) in [4.78, 5) is 16.1. The zero-order chi connectivity index (χ0) is 18.2. The molecule has 2 heterocycles. The van der Waals surface area contributed by atoms with Crippen LogP contribution < -0.4 is 5.73 Å². The van der Waals surface area contributed by atoms with Crippen molar-refractivity contribution >= 4 is 15.7 Å². The van der Waals surface area contributed by atoms with Gasteiger partial charge in [0.05, 0.1) is 10.6 Å². The smallest absolute Gasteiger partial charge is 0.267 e. The maximum Gasteiger partial charge on any atom is 0.267 e. The molecule has 1 aliphatic rings. The summed E-state index contributed by atoms with van der Waals surface area (Å²) in [5.74, 6) is -0.615. The zero-order valence-corrected chi connectivity index (χ0v) is 14.7. The first kappa shape index (κ1) is 17.1. The number of carbonyl (C=O) groups excluding carboxylic acids is 1. The Bertz CT molecular complexity index is 990. The van der Waals surface area contributed by atoms with Crippen LogP contribution in [0.15, 0.2) is 47.7 Å². The van der Waals surface area contributed by atoms with Gasteiger partial charge in [0.25, 0.3) is 5.91 Å². The minimum Gasteiger partial charge on any atom is -0.364 e. The van der Waals surface area contributed by atoms with Crippen LogP contribution in [0, 0.1) is 0 Å². The maximum atomic E-state index is 11.9. The quantitative estimate of drug-likeness (QED) is 0.862. The van der Waals surface area contributed by atoms with Gasteiger partial charge in [-0.15, -0.1) is 0 Å². The summed E-state index contributed by atoms with van der Waals surface area (Å²) in [6.07, 6.45) is 9.85. The molecule has 0 aromatic carbocycles. The van der Waals surface area contributed by atoms with E-state index in [-0.39, 0.29) is 10.6 Å². The van der Waals surface area contributed by atoms with E-state index in [1.807, 2.05) is 6.92 Å². The van der Waals surface area contributed by atoms with E-state index in [1.54, 1.807) is 42.8 Å². The highest BCUT2D eigenvalue weighted by molar-refractivity contribution is 7.94. The third kappa shape index (κ3) is 3.12. The number of nitrogens with two attached hydrogens (primary N) is 1. The predicted octanol–water partition coefficient (Wildman–Crippen LogP) is 1.72. The summed E-state index contributed by atoms with van der Waals surface area (Å²) in [7, 11) is -3.28. The number of aromatic nitrogens is 3. The molecule has 0 radical (unpaired) electrons. The number of nitrogens with zero attached hydrogens (tertiary/aromatic N) is 2. The lowest BCUT2D eigenvalue weighted by molar-refractivity contribution is 0.0993. The summed E-state index contributed by atoms with van der Waals surface area (Å²) in [5, 5.41) is 6.99. The molecule has 7 nitrogen and oxygen atoms in total. The Balaban J connectivity index is 2.14. The second-order valence-corrected chi connectivity index (χ2v) is 8.27. The summed E-state index contributed by atoms with van der Waals surface area (Å²) in [6.45, 7) is 1.92. The van der Waals surface area contributed by atoms with Crippen LogP contribution in [0.3, 0.4) is 0 Å². The number of aromatic amines is 1. The molecule has 0 aliphatic heterocycles.